The molecular weight excluding hydrogens is 743 g/mol. The van der Waals surface area contributed by atoms with Gasteiger partial charge in [-0.1, -0.05) is 237 Å². The predicted molar refractivity (Wildman–Crippen MR) is 260 cm³/mol. The molecule has 6 heteroatoms. The number of ether oxygens (including phenoxy) is 1. The van der Waals surface area contributed by atoms with Crippen LogP contribution in [-0.2, 0) is 14.3 Å². The minimum Gasteiger partial charge on any atom is -0.466 e. The van der Waals surface area contributed by atoms with Crippen LogP contribution in [0.3, 0.4) is 0 Å². The Kier molecular flexibility index (Phi) is 48.6. The highest BCUT2D eigenvalue weighted by Crippen LogP contribution is 2.16. The van der Waals surface area contributed by atoms with Crippen LogP contribution in [0, 0.1) is 0 Å². The molecule has 0 heterocycles. The fourth-order valence-electron chi connectivity index (χ4n) is 8.14. The summed E-state index contributed by atoms with van der Waals surface area (Å²) >= 11 is 0. The van der Waals surface area contributed by atoms with Crippen molar-refractivity contribution in [1.29, 1.82) is 0 Å². The molecule has 2 unspecified atom stereocenters. The first-order valence-electron chi connectivity index (χ1n) is 26.6. The van der Waals surface area contributed by atoms with Crippen LogP contribution in [0.1, 0.15) is 284 Å². The van der Waals surface area contributed by atoms with Gasteiger partial charge in [0.15, 0.2) is 0 Å². The summed E-state index contributed by atoms with van der Waals surface area (Å²) in [6.07, 6.45) is 58.6. The van der Waals surface area contributed by atoms with Gasteiger partial charge in [0, 0.05) is 12.8 Å². The van der Waals surface area contributed by atoms with E-state index >= 15 is 0 Å². The number of amides is 1. The first kappa shape index (κ1) is 58.3. The Balaban J connectivity index is 3.47. The van der Waals surface area contributed by atoms with Crippen molar-refractivity contribution in [3.8, 4) is 0 Å². The molecule has 0 fully saturated rings. The van der Waals surface area contributed by atoms with Crippen molar-refractivity contribution in [3.05, 3.63) is 24.3 Å². The molecule has 0 aromatic rings. The standard InChI is InChI=1S/C54H103NO5/c1-3-5-7-9-11-13-15-17-19-20-21-23-25-27-32-36-40-44-48-54(59)60-49-45-41-37-33-29-28-31-35-39-43-47-53(58)55-51(50-56)52(57)46-42-38-34-30-26-24-22-18-16-14-12-10-8-6-4-2/h13,15,19-20,51-52,56-57H,3-12,14,16-18,21-50H2,1-2H3,(H,55,58)/b15-13-,20-19-. The molecule has 0 rings (SSSR count). The summed E-state index contributed by atoms with van der Waals surface area (Å²) in [6.45, 7) is 4.89. The van der Waals surface area contributed by atoms with Crippen LogP contribution in [0.5, 0.6) is 0 Å². The minimum atomic E-state index is -0.679. The first-order valence-corrected chi connectivity index (χ1v) is 26.6. The van der Waals surface area contributed by atoms with Crippen LogP contribution < -0.4 is 5.32 Å². The average Bonchev–Trinajstić information content (AvgIpc) is 3.25. The molecule has 0 spiro atoms. The van der Waals surface area contributed by atoms with Crippen molar-refractivity contribution < 1.29 is 24.5 Å². The molecule has 0 radical (unpaired) electrons. The maximum atomic E-state index is 12.5. The second kappa shape index (κ2) is 50.0. The van der Waals surface area contributed by atoms with Crippen LogP contribution >= 0.6 is 0 Å². The third kappa shape index (κ3) is 45.9. The monoisotopic (exact) mass is 846 g/mol. The van der Waals surface area contributed by atoms with Crippen molar-refractivity contribution in [2.75, 3.05) is 13.2 Å². The molecule has 2 atom stereocenters. The molecule has 354 valence electrons. The quantitative estimate of drug-likeness (QED) is 0.0322. The topological polar surface area (TPSA) is 95.9 Å². The van der Waals surface area contributed by atoms with Crippen molar-refractivity contribution in [2.45, 2.75) is 296 Å². The largest absolute Gasteiger partial charge is 0.466 e. The van der Waals surface area contributed by atoms with Crippen molar-refractivity contribution in [1.82, 2.24) is 5.32 Å². The molecule has 0 aromatic heterocycles. The van der Waals surface area contributed by atoms with Crippen molar-refractivity contribution in [2.24, 2.45) is 0 Å². The molecule has 0 aliphatic rings. The number of esters is 1. The normalized spacial score (nSPS) is 12.8. The smallest absolute Gasteiger partial charge is 0.305 e. The maximum Gasteiger partial charge on any atom is 0.305 e. The van der Waals surface area contributed by atoms with Gasteiger partial charge < -0.3 is 20.3 Å². The SMILES string of the molecule is CCCCCC/C=C\C/C=C\CCCCCCCCCC(=O)OCCCCCCCCCCCCC(=O)NC(CO)C(O)CCCCCCCCCCCCCCCCC. The summed E-state index contributed by atoms with van der Waals surface area (Å²) in [6, 6.07) is -0.558. The van der Waals surface area contributed by atoms with Gasteiger partial charge in [0.1, 0.15) is 0 Å². The van der Waals surface area contributed by atoms with Gasteiger partial charge in [-0.25, -0.2) is 0 Å². The second-order valence-electron chi connectivity index (χ2n) is 18.2. The summed E-state index contributed by atoms with van der Waals surface area (Å²) in [7, 11) is 0. The number of allylic oxidation sites excluding steroid dienone is 4. The lowest BCUT2D eigenvalue weighted by atomic mass is 10.0. The number of hydrogen-bond acceptors (Lipinski definition) is 5. The zero-order valence-corrected chi connectivity index (χ0v) is 40.2. The number of carbonyl (C=O) groups excluding carboxylic acids is 2. The van der Waals surface area contributed by atoms with E-state index in [0.717, 1.165) is 64.2 Å². The van der Waals surface area contributed by atoms with E-state index in [9.17, 15) is 19.8 Å². The summed E-state index contributed by atoms with van der Waals surface area (Å²) in [4.78, 5) is 24.5. The number of hydrogen-bond donors (Lipinski definition) is 3. The molecule has 0 aromatic carbocycles. The van der Waals surface area contributed by atoms with Gasteiger partial charge in [-0.3, -0.25) is 9.59 Å². The van der Waals surface area contributed by atoms with E-state index < -0.39 is 12.1 Å². The third-order valence-electron chi connectivity index (χ3n) is 12.3. The van der Waals surface area contributed by atoms with Gasteiger partial charge in [-0.05, 0) is 57.8 Å². The summed E-state index contributed by atoms with van der Waals surface area (Å²) in [5.41, 5.74) is 0. The lowest BCUT2D eigenvalue weighted by molar-refractivity contribution is -0.143. The van der Waals surface area contributed by atoms with Gasteiger partial charge >= 0.3 is 5.97 Å². The number of nitrogens with one attached hydrogen (secondary N) is 1. The highest BCUT2D eigenvalue weighted by atomic mass is 16.5. The van der Waals surface area contributed by atoms with E-state index in [1.165, 1.54) is 186 Å². The summed E-state index contributed by atoms with van der Waals surface area (Å²) in [5.74, 6) is -0.0835. The molecule has 0 saturated heterocycles. The maximum absolute atomic E-state index is 12.5. The van der Waals surface area contributed by atoms with E-state index in [1.807, 2.05) is 0 Å². The van der Waals surface area contributed by atoms with Crippen LogP contribution in [0.2, 0.25) is 0 Å². The molecule has 0 bridgehead atoms. The Labute approximate surface area is 373 Å². The summed E-state index contributed by atoms with van der Waals surface area (Å²) in [5, 5.41) is 23.2. The Morgan fingerprint density at radius 1 is 0.467 bits per heavy atom. The van der Waals surface area contributed by atoms with Crippen LogP contribution in [0.15, 0.2) is 24.3 Å². The van der Waals surface area contributed by atoms with Gasteiger partial charge in [-0.2, -0.15) is 0 Å². The third-order valence-corrected chi connectivity index (χ3v) is 12.3. The zero-order chi connectivity index (χ0) is 43.7. The highest BCUT2D eigenvalue weighted by molar-refractivity contribution is 5.76. The van der Waals surface area contributed by atoms with Crippen molar-refractivity contribution >= 4 is 11.9 Å². The van der Waals surface area contributed by atoms with Gasteiger partial charge in [-0.15, -0.1) is 0 Å². The van der Waals surface area contributed by atoms with E-state index in [4.69, 9.17) is 4.74 Å². The molecule has 60 heavy (non-hydrogen) atoms. The summed E-state index contributed by atoms with van der Waals surface area (Å²) < 4.78 is 5.46. The van der Waals surface area contributed by atoms with Crippen molar-refractivity contribution in [3.63, 3.8) is 0 Å². The Morgan fingerprint density at radius 2 is 0.833 bits per heavy atom. The number of rotatable bonds is 49. The van der Waals surface area contributed by atoms with Crippen LogP contribution in [0.4, 0.5) is 0 Å². The van der Waals surface area contributed by atoms with E-state index in [-0.39, 0.29) is 18.5 Å². The predicted octanol–water partition coefficient (Wildman–Crippen LogP) is 15.9. The molecule has 3 N–H and O–H groups in total. The number of carbonyl (C=O) groups is 2. The number of unbranched alkanes of at least 4 members (excludes halogenated alkanes) is 34. The fourth-order valence-corrected chi connectivity index (χ4v) is 8.14. The molecule has 0 aliphatic heterocycles. The van der Waals surface area contributed by atoms with Crippen LogP contribution in [-0.4, -0.2) is 47.4 Å². The lowest BCUT2D eigenvalue weighted by Gasteiger charge is -2.22. The number of aliphatic hydroxyl groups is 2. The van der Waals surface area contributed by atoms with E-state index in [1.54, 1.807) is 0 Å². The van der Waals surface area contributed by atoms with E-state index in [0.29, 0.717) is 25.9 Å². The lowest BCUT2D eigenvalue weighted by Crippen LogP contribution is -2.45. The Morgan fingerprint density at radius 3 is 1.28 bits per heavy atom. The van der Waals surface area contributed by atoms with Gasteiger partial charge in [0.2, 0.25) is 5.91 Å². The Hall–Kier alpha value is -1.66. The molecular formula is C54H103NO5. The van der Waals surface area contributed by atoms with Crippen LogP contribution in [0.25, 0.3) is 0 Å². The fraction of sp³-hybridized carbons (Fsp3) is 0.889. The molecule has 6 nitrogen and oxygen atoms in total. The van der Waals surface area contributed by atoms with Gasteiger partial charge in [0.25, 0.3) is 0 Å². The minimum absolute atomic E-state index is 0.0259. The number of aliphatic hydroxyl groups excluding tert-OH is 2. The molecule has 0 aliphatic carbocycles. The molecule has 1 amide bonds. The highest BCUT2D eigenvalue weighted by Gasteiger charge is 2.20. The Bertz CT molecular complexity index is 935. The van der Waals surface area contributed by atoms with Gasteiger partial charge in [0.05, 0.1) is 25.4 Å². The van der Waals surface area contributed by atoms with E-state index in [2.05, 4.69) is 43.5 Å². The second-order valence-corrected chi connectivity index (χ2v) is 18.2. The average molecular weight is 846 g/mol. The molecule has 0 saturated carbocycles. The first-order chi connectivity index (χ1) is 29.5. The zero-order valence-electron chi connectivity index (χ0n) is 40.2.